The molecule has 1 fully saturated rings. The van der Waals surface area contributed by atoms with E-state index in [9.17, 15) is 9.59 Å². The van der Waals surface area contributed by atoms with E-state index in [0.29, 0.717) is 13.0 Å². The van der Waals surface area contributed by atoms with Gasteiger partial charge in [-0.05, 0) is 18.4 Å². The van der Waals surface area contributed by atoms with E-state index >= 15 is 0 Å². The molecule has 2 N–H and O–H groups in total. The Morgan fingerprint density at radius 2 is 2.05 bits per heavy atom. The van der Waals surface area contributed by atoms with Crippen LogP contribution >= 0.6 is 0 Å². The summed E-state index contributed by atoms with van der Waals surface area (Å²) in [5.74, 6) is -0.103. The number of carbonyl (C=O) groups is 2. The molecule has 0 spiro atoms. The SMILES string of the molecule is NC1C(=O)CCCCN1C(=O)OCc1ccccc1. The van der Waals surface area contributed by atoms with Gasteiger partial charge in [0.25, 0.3) is 0 Å². The van der Waals surface area contributed by atoms with E-state index < -0.39 is 12.3 Å². The highest BCUT2D eigenvalue weighted by molar-refractivity contribution is 5.87. The standard InChI is InChI=1S/C14H18N2O3/c15-13-12(17)8-4-5-9-16(13)14(18)19-10-11-6-2-1-3-7-11/h1-3,6-7,13H,4-5,8-10,15H2. The van der Waals surface area contributed by atoms with Crippen molar-refractivity contribution in [1.29, 1.82) is 0 Å². The van der Waals surface area contributed by atoms with Crippen LogP contribution in [0.25, 0.3) is 0 Å². The first-order chi connectivity index (χ1) is 9.18. The van der Waals surface area contributed by atoms with Crippen LogP contribution in [0, 0.1) is 0 Å². The zero-order valence-corrected chi connectivity index (χ0v) is 10.7. The normalized spacial score (nSPS) is 19.9. The molecule has 1 unspecified atom stereocenters. The Morgan fingerprint density at radius 1 is 1.32 bits per heavy atom. The summed E-state index contributed by atoms with van der Waals surface area (Å²) >= 11 is 0. The number of rotatable bonds is 2. The first-order valence-corrected chi connectivity index (χ1v) is 6.44. The molecule has 5 nitrogen and oxygen atoms in total. The van der Waals surface area contributed by atoms with Gasteiger partial charge in [0, 0.05) is 13.0 Å². The van der Waals surface area contributed by atoms with Crippen molar-refractivity contribution in [2.45, 2.75) is 32.0 Å². The summed E-state index contributed by atoms with van der Waals surface area (Å²) in [5, 5.41) is 0. The molecular formula is C14H18N2O3. The molecule has 19 heavy (non-hydrogen) atoms. The van der Waals surface area contributed by atoms with E-state index in [-0.39, 0.29) is 12.4 Å². The van der Waals surface area contributed by atoms with Crippen molar-refractivity contribution in [3.05, 3.63) is 35.9 Å². The fraction of sp³-hybridized carbons (Fsp3) is 0.429. The highest BCUT2D eigenvalue weighted by Gasteiger charge is 2.29. The summed E-state index contributed by atoms with van der Waals surface area (Å²) in [6.07, 6.45) is 0.593. The maximum atomic E-state index is 12.0. The Bertz CT molecular complexity index is 447. The average Bonchev–Trinajstić information content (AvgIpc) is 2.60. The average molecular weight is 262 g/mol. The number of likely N-dealkylation sites (tertiary alicyclic amines) is 1. The highest BCUT2D eigenvalue weighted by atomic mass is 16.6. The molecule has 1 aromatic rings. The number of Topliss-reactive ketones (excluding diaryl/α,β-unsaturated/α-hetero) is 1. The molecule has 1 aromatic carbocycles. The van der Waals surface area contributed by atoms with Crippen molar-refractivity contribution >= 4 is 11.9 Å². The molecular weight excluding hydrogens is 244 g/mol. The van der Waals surface area contributed by atoms with Crippen LogP contribution in [0.1, 0.15) is 24.8 Å². The molecule has 102 valence electrons. The minimum atomic E-state index is -0.870. The number of hydrogen-bond acceptors (Lipinski definition) is 4. The van der Waals surface area contributed by atoms with Crippen molar-refractivity contribution in [2.24, 2.45) is 5.73 Å². The number of nitrogens with zero attached hydrogens (tertiary/aromatic N) is 1. The van der Waals surface area contributed by atoms with Crippen LogP contribution in [0.15, 0.2) is 30.3 Å². The van der Waals surface area contributed by atoms with Gasteiger partial charge in [-0.25, -0.2) is 4.79 Å². The summed E-state index contributed by atoms with van der Waals surface area (Å²) in [6, 6.07) is 9.41. The van der Waals surface area contributed by atoms with Gasteiger partial charge in [-0.15, -0.1) is 0 Å². The van der Waals surface area contributed by atoms with Crippen LogP contribution in [-0.4, -0.2) is 29.5 Å². The molecule has 1 aliphatic heterocycles. The maximum Gasteiger partial charge on any atom is 0.411 e. The predicted octanol–water partition coefficient (Wildman–Crippen LogP) is 1.66. The van der Waals surface area contributed by atoms with Gasteiger partial charge in [0.2, 0.25) is 0 Å². The highest BCUT2D eigenvalue weighted by Crippen LogP contribution is 2.13. The molecule has 1 aliphatic rings. The number of ketones is 1. The van der Waals surface area contributed by atoms with Gasteiger partial charge in [-0.2, -0.15) is 0 Å². The zero-order chi connectivity index (χ0) is 13.7. The fourth-order valence-corrected chi connectivity index (χ4v) is 2.05. The lowest BCUT2D eigenvalue weighted by Crippen LogP contribution is -2.50. The lowest BCUT2D eigenvalue weighted by atomic mass is 10.2. The molecule has 0 radical (unpaired) electrons. The summed E-state index contributed by atoms with van der Waals surface area (Å²) in [4.78, 5) is 24.9. The van der Waals surface area contributed by atoms with Crippen molar-refractivity contribution in [1.82, 2.24) is 4.90 Å². The Morgan fingerprint density at radius 3 is 2.79 bits per heavy atom. The summed E-state index contributed by atoms with van der Waals surface area (Å²) in [7, 11) is 0. The van der Waals surface area contributed by atoms with Crippen LogP contribution in [0.2, 0.25) is 0 Å². The fourth-order valence-electron chi connectivity index (χ4n) is 2.05. The molecule has 0 saturated carbocycles. The van der Waals surface area contributed by atoms with Gasteiger partial charge < -0.3 is 10.5 Å². The van der Waals surface area contributed by atoms with Gasteiger partial charge in [0.1, 0.15) is 12.8 Å². The van der Waals surface area contributed by atoms with Crippen LogP contribution in [0.5, 0.6) is 0 Å². The Balaban J connectivity index is 1.93. The van der Waals surface area contributed by atoms with Crippen molar-refractivity contribution in [3.8, 4) is 0 Å². The van der Waals surface area contributed by atoms with E-state index in [0.717, 1.165) is 18.4 Å². The topological polar surface area (TPSA) is 72.6 Å². The number of hydrogen-bond donors (Lipinski definition) is 1. The minimum Gasteiger partial charge on any atom is -0.444 e. The van der Waals surface area contributed by atoms with Crippen molar-refractivity contribution in [3.63, 3.8) is 0 Å². The van der Waals surface area contributed by atoms with Crippen LogP contribution in [0.4, 0.5) is 4.79 Å². The predicted molar refractivity (Wildman–Crippen MR) is 70.2 cm³/mol. The molecule has 1 heterocycles. The van der Waals surface area contributed by atoms with E-state index in [4.69, 9.17) is 10.5 Å². The summed E-state index contributed by atoms with van der Waals surface area (Å²) in [6.45, 7) is 0.664. The first kappa shape index (κ1) is 13.5. The maximum absolute atomic E-state index is 12.0. The number of nitrogens with two attached hydrogens (primary N) is 1. The lowest BCUT2D eigenvalue weighted by Gasteiger charge is -2.24. The monoisotopic (exact) mass is 262 g/mol. The summed E-state index contributed by atoms with van der Waals surface area (Å²) in [5.41, 5.74) is 6.68. The Kier molecular flexibility index (Phi) is 4.52. The van der Waals surface area contributed by atoms with E-state index in [2.05, 4.69) is 0 Å². The number of amides is 1. The number of benzene rings is 1. The van der Waals surface area contributed by atoms with Gasteiger partial charge in [-0.1, -0.05) is 30.3 Å². The number of ether oxygens (including phenoxy) is 1. The molecule has 5 heteroatoms. The zero-order valence-electron chi connectivity index (χ0n) is 10.7. The molecule has 0 aromatic heterocycles. The third-order valence-corrected chi connectivity index (χ3v) is 3.18. The Hall–Kier alpha value is -1.88. The van der Waals surface area contributed by atoms with Crippen LogP contribution in [0.3, 0.4) is 0 Å². The van der Waals surface area contributed by atoms with Crippen LogP contribution < -0.4 is 5.73 Å². The summed E-state index contributed by atoms with van der Waals surface area (Å²) < 4.78 is 5.20. The smallest absolute Gasteiger partial charge is 0.411 e. The molecule has 2 rings (SSSR count). The molecule has 0 aliphatic carbocycles. The van der Waals surface area contributed by atoms with E-state index in [1.165, 1.54) is 4.90 Å². The molecule has 1 saturated heterocycles. The van der Waals surface area contributed by atoms with Crippen molar-refractivity contribution in [2.75, 3.05) is 6.54 Å². The third kappa shape index (κ3) is 3.54. The number of carbonyl (C=O) groups excluding carboxylic acids is 2. The van der Waals surface area contributed by atoms with Gasteiger partial charge in [-0.3, -0.25) is 9.69 Å². The second-order valence-electron chi connectivity index (χ2n) is 4.60. The Labute approximate surface area is 112 Å². The quantitative estimate of drug-likeness (QED) is 0.879. The lowest BCUT2D eigenvalue weighted by molar-refractivity contribution is -0.123. The van der Waals surface area contributed by atoms with Crippen LogP contribution in [-0.2, 0) is 16.1 Å². The van der Waals surface area contributed by atoms with Gasteiger partial charge in [0.15, 0.2) is 5.78 Å². The van der Waals surface area contributed by atoms with Crippen molar-refractivity contribution < 1.29 is 14.3 Å². The second-order valence-corrected chi connectivity index (χ2v) is 4.60. The molecule has 0 bridgehead atoms. The first-order valence-electron chi connectivity index (χ1n) is 6.44. The second kappa shape index (κ2) is 6.33. The molecule has 1 amide bonds. The van der Waals surface area contributed by atoms with E-state index in [1.807, 2.05) is 30.3 Å². The van der Waals surface area contributed by atoms with Gasteiger partial charge >= 0.3 is 6.09 Å². The van der Waals surface area contributed by atoms with Gasteiger partial charge in [0.05, 0.1) is 0 Å². The largest absolute Gasteiger partial charge is 0.444 e. The van der Waals surface area contributed by atoms with E-state index in [1.54, 1.807) is 0 Å². The molecule has 1 atom stereocenters. The minimum absolute atomic E-state index is 0.103. The third-order valence-electron chi connectivity index (χ3n) is 3.18.